The molecule has 0 radical (unpaired) electrons. The normalized spacial score (nSPS) is 11.5. The lowest BCUT2D eigenvalue weighted by atomic mass is 10.1. The Hall–Kier alpha value is -1.32. The molecule has 0 atom stereocenters. The Labute approximate surface area is 102 Å². The molecule has 0 saturated heterocycles. The van der Waals surface area contributed by atoms with Gasteiger partial charge in [0.2, 0.25) is 0 Å². The van der Waals surface area contributed by atoms with Gasteiger partial charge in [0, 0.05) is 18.1 Å². The van der Waals surface area contributed by atoms with Crippen molar-refractivity contribution in [1.29, 1.82) is 0 Å². The molecule has 0 aliphatic heterocycles. The quantitative estimate of drug-likeness (QED) is 0.857. The van der Waals surface area contributed by atoms with Crippen molar-refractivity contribution < 1.29 is 5.11 Å². The van der Waals surface area contributed by atoms with Gasteiger partial charge in [0.05, 0.1) is 5.52 Å². The van der Waals surface area contributed by atoms with E-state index >= 15 is 0 Å². The van der Waals surface area contributed by atoms with Crippen LogP contribution < -0.4 is 0 Å². The molecule has 0 aliphatic rings. The minimum Gasteiger partial charge on any atom is -0.376 e. The number of fused-ring (bicyclic) bond motifs is 1. The van der Waals surface area contributed by atoms with Crippen LogP contribution in [0.3, 0.4) is 0 Å². The molecule has 2 rings (SSSR count). The van der Waals surface area contributed by atoms with Crippen LogP contribution >= 0.6 is 0 Å². The van der Waals surface area contributed by atoms with E-state index in [1.165, 1.54) is 10.9 Å². The predicted molar refractivity (Wildman–Crippen MR) is 70.8 cm³/mol. The Kier molecular flexibility index (Phi) is 3.82. The molecule has 1 heterocycles. The van der Waals surface area contributed by atoms with Gasteiger partial charge in [-0.3, -0.25) is 4.90 Å². The second kappa shape index (κ2) is 5.34. The molecule has 1 aromatic heterocycles. The van der Waals surface area contributed by atoms with E-state index in [1.54, 1.807) is 0 Å². The molecule has 0 unspecified atom stereocenters. The molecule has 0 saturated carbocycles. The number of hydrogen-bond donors (Lipinski definition) is 1. The van der Waals surface area contributed by atoms with E-state index in [9.17, 15) is 5.11 Å². The fourth-order valence-electron chi connectivity index (χ4n) is 2.25. The zero-order valence-electron chi connectivity index (χ0n) is 10.6. The average molecular weight is 232 g/mol. The number of para-hydroxylation sites is 1. The van der Waals surface area contributed by atoms with E-state index in [2.05, 4.69) is 43.1 Å². The molecule has 1 N–H and O–H groups in total. The second-order valence-corrected chi connectivity index (χ2v) is 4.24. The van der Waals surface area contributed by atoms with Crippen LogP contribution in [0.2, 0.25) is 0 Å². The summed E-state index contributed by atoms with van der Waals surface area (Å²) >= 11 is 0. The van der Waals surface area contributed by atoms with Crippen molar-refractivity contribution in [3.63, 3.8) is 0 Å². The summed E-state index contributed by atoms with van der Waals surface area (Å²) in [5.74, 6) is 0. The van der Waals surface area contributed by atoms with Crippen molar-refractivity contribution in [1.82, 2.24) is 9.47 Å². The van der Waals surface area contributed by atoms with Gasteiger partial charge in [-0.25, -0.2) is 0 Å². The molecule has 0 fully saturated rings. The van der Waals surface area contributed by atoms with Gasteiger partial charge >= 0.3 is 0 Å². The third-order valence-electron chi connectivity index (χ3n) is 3.31. The number of hydrogen-bond acceptors (Lipinski definition) is 2. The predicted octanol–water partition coefficient (Wildman–Crippen LogP) is 2.43. The van der Waals surface area contributed by atoms with Gasteiger partial charge in [-0.05, 0) is 24.7 Å². The molecular weight excluding hydrogens is 212 g/mol. The zero-order chi connectivity index (χ0) is 12.3. The highest BCUT2D eigenvalue weighted by molar-refractivity contribution is 5.83. The smallest absolute Gasteiger partial charge is 0.119 e. The first-order valence-corrected chi connectivity index (χ1v) is 6.20. The third kappa shape index (κ3) is 2.35. The number of aliphatic hydroxyl groups is 1. The summed E-state index contributed by atoms with van der Waals surface area (Å²) in [4.78, 5) is 2.38. The topological polar surface area (TPSA) is 28.4 Å². The number of nitrogens with zero attached hydrogens (tertiary/aromatic N) is 2. The number of aromatic nitrogens is 1. The Bertz CT molecular complexity index is 486. The Morgan fingerprint density at radius 2 is 1.88 bits per heavy atom. The molecule has 17 heavy (non-hydrogen) atoms. The molecule has 0 aliphatic carbocycles. The number of rotatable bonds is 5. The summed E-state index contributed by atoms with van der Waals surface area (Å²) in [6.07, 6.45) is 2.06. The highest BCUT2D eigenvalue weighted by Crippen LogP contribution is 2.22. The summed E-state index contributed by atoms with van der Waals surface area (Å²) in [7, 11) is 0. The molecule has 1 aromatic carbocycles. The van der Waals surface area contributed by atoms with Crippen LogP contribution in [0.5, 0.6) is 0 Å². The lowest BCUT2D eigenvalue weighted by Gasteiger charge is -2.17. The van der Waals surface area contributed by atoms with E-state index in [0.717, 1.165) is 25.2 Å². The van der Waals surface area contributed by atoms with Crippen LogP contribution in [-0.2, 0) is 13.3 Å². The number of aliphatic hydroxyl groups excluding tert-OH is 1. The fourth-order valence-corrected chi connectivity index (χ4v) is 2.25. The zero-order valence-corrected chi connectivity index (χ0v) is 10.6. The van der Waals surface area contributed by atoms with Gasteiger partial charge < -0.3 is 9.67 Å². The van der Waals surface area contributed by atoms with Gasteiger partial charge in [0.15, 0.2) is 0 Å². The monoisotopic (exact) mass is 232 g/mol. The maximum Gasteiger partial charge on any atom is 0.119 e. The highest BCUT2D eigenvalue weighted by Gasteiger charge is 2.09. The summed E-state index contributed by atoms with van der Waals surface area (Å²) < 4.78 is 1.90. The molecule has 3 heteroatoms. The van der Waals surface area contributed by atoms with Gasteiger partial charge in [-0.2, -0.15) is 0 Å². The summed E-state index contributed by atoms with van der Waals surface area (Å²) in [6.45, 7) is 7.44. The van der Waals surface area contributed by atoms with Crippen LogP contribution in [0.1, 0.15) is 19.4 Å². The Morgan fingerprint density at radius 1 is 1.18 bits per heavy atom. The Balaban J connectivity index is 2.40. The fraction of sp³-hybridized carbons (Fsp3) is 0.429. The van der Waals surface area contributed by atoms with Gasteiger partial charge in [0.1, 0.15) is 6.73 Å². The summed E-state index contributed by atoms with van der Waals surface area (Å²) in [5.41, 5.74) is 2.40. The van der Waals surface area contributed by atoms with E-state index in [4.69, 9.17) is 0 Å². The van der Waals surface area contributed by atoms with Crippen LogP contribution in [0.25, 0.3) is 10.9 Å². The van der Waals surface area contributed by atoms with Crippen LogP contribution in [-0.4, -0.2) is 27.7 Å². The van der Waals surface area contributed by atoms with E-state index < -0.39 is 0 Å². The van der Waals surface area contributed by atoms with E-state index in [-0.39, 0.29) is 6.73 Å². The maximum atomic E-state index is 9.35. The van der Waals surface area contributed by atoms with Gasteiger partial charge in [-0.1, -0.05) is 32.0 Å². The number of benzene rings is 1. The maximum absolute atomic E-state index is 9.35. The average Bonchev–Trinajstić information content (AvgIpc) is 2.74. The summed E-state index contributed by atoms with van der Waals surface area (Å²) in [5, 5.41) is 10.6. The van der Waals surface area contributed by atoms with E-state index in [0.29, 0.717) is 0 Å². The van der Waals surface area contributed by atoms with Crippen molar-refractivity contribution >= 4 is 10.9 Å². The van der Waals surface area contributed by atoms with Crippen LogP contribution in [0.15, 0.2) is 30.5 Å². The van der Waals surface area contributed by atoms with Crippen molar-refractivity contribution in [2.75, 3.05) is 13.1 Å². The minimum absolute atomic E-state index is 0.0404. The third-order valence-corrected chi connectivity index (χ3v) is 3.31. The van der Waals surface area contributed by atoms with Gasteiger partial charge in [-0.15, -0.1) is 0 Å². The first kappa shape index (κ1) is 12.1. The minimum atomic E-state index is 0.0404. The summed E-state index contributed by atoms with van der Waals surface area (Å²) in [6, 6.07) is 8.24. The second-order valence-electron chi connectivity index (χ2n) is 4.24. The van der Waals surface area contributed by atoms with Crippen molar-refractivity contribution in [3.8, 4) is 0 Å². The SMILES string of the molecule is CCN(CC)Cc1cn(CO)c2ccccc12. The molecule has 92 valence electrons. The van der Waals surface area contributed by atoms with Crippen LogP contribution in [0, 0.1) is 0 Å². The highest BCUT2D eigenvalue weighted by atomic mass is 16.3. The molecular formula is C14H20N2O. The van der Waals surface area contributed by atoms with Gasteiger partial charge in [0.25, 0.3) is 0 Å². The van der Waals surface area contributed by atoms with Crippen LogP contribution in [0.4, 0.5) is 0 Å². The largest absolute Gasteiger partial charge is 0.376 e. The van der Waals surface area contributed by atoms with Crippen molar-refractivity contribution in [2.45, 2.75) is 27.1 Å². The van der Waals surface area contributed by atoms with Crippen molar-refractivity contribution in [2.24, 2.45) is 0 Å². The van der Waals surface area contributed by atoms with E-state index in [1.807, 2.05) is 10.6 Å². The first-order valence-electron chi connectivity index (χ1n) is 6.20. The van der Waals surface area contributed by atoms with Crippen molar-refractivity contribution in [3.05, 3.63) is 36.0 Å². The Morgan fingerprint density at radius 3 is 2.53 bits per heavy atom. The molecule has 0 bridgehead atoms. The molecule has 3 nitrogen and oxygen atoms in total. The lowest BCUT2D eigenvalue weighted by molar-refractivity contribution is 0.215. The molecule has 0 amide bonds. The lowest BCUT2D eigenvalue weighted by Crippen LogP contribution is -2.21. The molecule has 2 aromatic rings. The standard InChI is InChI=1S/C14H20N2O/c1-3-15(4-2)9-12-10-16(11-17)14-8-6-5-7-13(12)14/h5-8,10,17H,3-4,9,11H2,1-2H3. The first-order chi connectivity index (χ1) is 8.30. The molecule has 0 spiro atoms.